The molecule has 86 valence electrons. The van der Waals surface area contributed by atoms with Crippen LogP contribution in [0.3, 0.4) is 0 Å². The van der Waals surface area contributed by atoms with Crippen LogP contribution in [0.15, 0.2) is 40.5 Å². The van der Waals surface area contributed by atoms with E-state index in [4.69, 9.17) is 4.42 Å². The van der Waals surface area contributed by atoms with E-state index < -0.39 is 0 Å². The van der Waals surface area contributed by atoms with Crippen LogP contribution in [0.5, 0.6) is 0 Å². The first-order chi connectivity index (χ1) is 8.31. The summed E-state index contributed by atoms with van der Waals surface area (Å²) in [4.78, 5) is 0. The summed E-state index contributed by atoms with van der Waals surface area (Å²) >= 11 is 1.62. The molecule has 0 N–H and O–H groups in total. The van der Waals surface area contributed by atoms with Crippen LogP contribution in [-0.2, 0) is 0 Å². The molecule has 0 aliphatic rings. The molecule has 3 aromatic rings. The number of hydrogen-bond donors (Lipinski definition) is 0. The number of thioether (sulfide) groups is 1. The van der Waals surface area contributed by atoms with Crippen molar-refractivity contribution in [1.29, 1.82) is 0 Å². The van der Waals surface area contributed by atoms with E-state index in [1.807, 2.05) is 25.1 Å². The van der Waals surface area contributed by atoms with Crippen molar-refractivity contribution in [1.82, 2.24) is 14.6 Å². The number of fused-ring (bicyclic) bond motifs is 3. The summed E-state index contributed by atoms with van der Waals surface area (Å²) in [5.41, 5.74) is 2.94. The van der Waals surface area contributed by atoms with Crippen LogP contribution in [0, 0.1) is 6.92 Å². The number of rotatable bonds is 3. The van der Waals surface area contributed by atoms with Crippen molar-refractivity contribution < 1.29 is 4.42 Å². The molecule has 0 radical (unpaired) electrons. The molecule has 0 atom stereocenters. The van der Waals surface area contributed by atoms with Crippen molar-refractivity contribution >= 4 is 28.4 Å². The summed E-state index contributed by atoms with van der Waals surface area (Å²) in [6.45, 7) is 5.65. The van der Waals surface area contributed by atoms with E-state index in [-0.39, 0.29) is 0 Å². The fourth-order valence-corrected chi connectivity index (χ4v) is 2.56. The molecule has 0 fully saturated rings. The molecule has 0 saturated carbocycles. The highest BCUT2D eigenvalue weighted by molar-refractivity contribution is 7.99. The van der Waals surface area contributed by atoms with E-state index in [1.165, 1.54) is 0 Å². The van der Waals surface area contributed by atoms with E-state index in [0.717, 1.165) is 33.2 Å². The Balaban J connectivity index is 2.30. The zero-order valence-electron chi connectivity index (χ0n) is 9.38. The minimum Gasteiger partial charge on any atom is -0.463 e. The highest BCUT2D eigenvalue weighted by Crippen LogP contribution is 2.28. The van der Waals surface area contributed by atoms with Gasteiger partial charge in [0, 0.05) is 17.9 Å². The minimum atomic E-state index is 0.819. The first-order valence-corrected chi connectivity index (χ1v) is 6.25. The van der Waals surface area contributed by atoms with Crippen molar-refractivity contribution in [3.05, 3.63) is 36.9 Å². The van der Waals surface area contributed by atoms with E-state index in [1.54, 1.807) is 18.0 Å². The molecule has 3 rings (SSSR count). The summed E-state index contributed by atoms with van der Waals surface area (Å²) in [5, 5.41) is 9.30. The van der Waals surface area contributed by atoms with E-state index in [9.17, 15) is 0 Å². The fraction of sp³-hybridized carbons (Fsp3) is 0.167. The van der Waals surface area contributed by atoms with Crippen molar-refractivity contribution in [2.45, 2.75) is 11.9 Å². The third-order valence-corrected chi connectivity index (χ3v) is 3.56. The molecule has 0 amide bonds. The minimum absolute atomic E-state index is 0.819. The third-order valence-electron chi connectivity index (χ3n) is 2.59. The zero-order valence-corrected chi connectivity index (χ0v) is 10.2. The van der Waals surface area contributed by atoms with Crippen LogP contribution in [-0.4, -0.2) is 20.4 Å². The summed E-state index contributed by atoms with van der Waals surface area (Å²) < 4.78 is 7.48. The quantitative estimate of drug-likeness (QED) is 0.525. The average Bonchev–Trinajstić information content (AvgIpc) is 2.88. The Hall–Kier alpha value is -1.75. The van der Waals surface area contributed by atoms with Gasteiger partial charge in [-0.25, -0.2) is 0 Å². The number of nitrogens with zero attached hydrogens (tertiary/aromatic N) is 3. The largest absolute Gasteiger partial charge is 0.463 e. The van der Waals surface area contributed by atoms with Crippen molar-refractivity contribution in [3.63, 3.8) is 0 Å². The molecule has 0 aromatic carbocycles. The topological polar surface area (TPSA) is 43.3 Å². The molecule has 3 aromatic heterocycles. The molecule has 0 spiro atoms. The zero-order chi connectivity index (χ0) is 11.8. The lowest BCUT2D eigenvalue weighted by molar-refractivity contribution is 0.616. The van der Waals surface area contributed by atoms with Crippen LogP contribution < -0.4 is 0 Å². The first-order valence-electron chi connectivity index (χ1n) is 5.27. The third kappa shape index (κ3) is 1.54. The molecule has 5 heteroatoms. The van der Waals surface area contributed by atoms with Gasteiger partial charge in [-0.05, 0) is 6.92 Å². The first kappa shape index (κ1) is 10.4. The molecule has 0 bridgehead atoms. The molecule has 0 unspecified atom stereocenters. The standard InChI is InChI=1S/C12H11N3OS/c1-3-6-17-12-10-7-11-9(4-5-16-11)15(10)8(2)13-14-12/h3-5,7H,1,6H2,2H3. The Morgan fingerprint density at radius 3 is 3.18 bits per heavy atom. The monoisotopic (exact) mass is 245 g/mol. The SMILES string of the molecule is C=CCSc1nnc(C)n2c1cc1occc12. The van der Waals surface area contributed by atoms with Gasteiger partial charge >= 0.3 is 0 Å². The van der Waals surface area contributed by atoms with Crippen molar-refractivity contribution in [2.24, 2.45) is 0 Å². The van der Waals surface area contributed by atoms with Gasteiger partial charge in [-0.3, -0.25) is 4.40 Å². The van der Waals surface area contributed by atoms with Crippen molar-refractivity contribution in [2.75, 3.05) is 5.75 Å². The van der Waals surface area contributed by atoms with Gasteiger partial charge in [0.2, 0.25) is 0 Å². The van der Waals surface area contributed by atoms with Crippen LogP contribution in [0.25, 0.3) is 16.6 Å². The maximum atomic E-state index is 5.41. The van der Waals surface area contributed by atoms with Crippen LogP contribution in [0.4, 0.5) is 0 Å². The molecule has 0 aliphatic carbocycles. The molecule has 0 saturated heterocycles. The lowest BCUT2D eigenvalue weighted by Crippen LogP contribution is -1.99. The van der Waals surface area contributed by atoms with Gasteiger partial charge in [0.15, 0.2) is 5.58 Å². The maximum absolute atomic E-state index is 5.41. The van der Waals surface area contributed by atoms with E-state index >= 15 is 0 Å². The van der Waals surface area contributed by atoms with Gasteiger partial charge in [0.1, 0.15) is 10.9 Å². The predicted octanol–water partition coefficient (Wildman–Crippen LogP) is 3.06. The molecule has 3 heterocycles. The van der Waals surface area contributed by atoms with Gasteiger partial charge < -0.3 is 4.42 Å². The summed E-state index contributed by atoms with van der Waals surface area (Å²) in [7, 11) is 0. The summed E-state index contributed by atoms with van der Waals surface area (Å²) in [6, 6.07) is 3.95. The Bertz CT molecular complexity index is 698. The number of aryl methyl sites for hydroxylation is 1. The summed E-state index contributed by atoms with van der Waals surface area (Å²) in [5.74, 6) is 1.68. The van der Waals surface area contributed by atoms with Gasteiger partial charge in [0.05, 0.1) is 17.3 Å². The van der Waals surface area contributed by atoms with Crippen LogP contribution >= 0.6 is 11.8 Å². The van der Waals surface area contributed by atoms with Gasteiger partial charge in [-0.1, -0.05) is 17.8 Å². The van der Waals surface area contributed by atoms with Gasteiger partial charge in [0.25, 0.3) is 0 Å². The van der Waals surface area contributed by atoms with E-state index in [0.29, 0.717) is 0 Å². The average molecular weight is 245 g/mol. The van der Waals surface area contributed by atoms with Gasteiger partial charge in [-0.2, -0.15) is 0 Å². The van der Waals surface area contributed by atoms with E-state index in [2.05, 4.69) is 21.2 Å². The highest BCUT2D eigenvalue weighted by Gasteiger charge is 2.12. The Morgan fingerprint density at radius 1 is 1.47 bits per heavy atom. The molecular weight excluding hydrogens is 234 g/mol. The smallest absolute Gasteiger partial charge is 0.152 e. The lowest BCUT2D eigenvalue weighted by atomic mass is 10.5. The molecular formula is C12H11N3OS. The predicted molar refractivity (Wildman–Crippen MR) is 68.4 cm³/mol. The maximum Gasteiger partial charge on any atom is 0.152 e. The second-order valence-corrected chi connectivity index (χ2v) is 4.70. The lowest BCUT2D eigenvalue weighted by Gasteiger charge is -2.03. The molecule has 17 heavy (non-hydrogen) atoms. The molecule has 4 nitrogen and oxygen atoms in total. The number of aromatic nitrogens is 3. The Kier molecular flexibility index (Phi) is 2.40. The number of hydrogen-bond acceptors (Lipinski definition) is 4. The Morgan fingerprint density at radius 2 is 2.35 bits per heavy atom. The second kappa shape index (κ2) is 3.92. The second-order valence-electron chi connectivity index (χ2n) is 3.69. The summed E-state index contributed by atoms with van der Waals surface area (Å²) in [6.07, 6.45) is 3.54. The number of furan rings is 1. The normalized spacial score (nSPS) is 11.4. The van der Waals surface area contributed by atoms with Crippen molar-refractivity contribution in [3.8, 4) is 0 Å². The van der Waals surface area contributed by atoms with Gasteiger partial charge in [-0.15, -0.1) is 16.8 Å². The van der Waals surface area contributed by atoms with Crippen LogP contribution in [0.2, 0.25) is 0 Å². The molecule has 0 aliphatic heterocycles. The fourth-order valence-electron chi connectivity index (χ4n) is 1.89. The van der Waals surface area contributed by atoms with Crippen LogP contribution in [0.1, 0.15) is 5.82 Å². The Labute approximate surface area is 102 Å². The highest BCUT2D eigenvalue weighted by atomic mass is 32.2.